The number of aliphatic carboxylic acids is 1. The minimum absolute atomic E-state index is 0.0111. The normalized spacial score (nSPS) is 21.5. The third-order valence-electron chi connectivity index (χ3n) is 9.03. The number of carboxylic acids is 1. The van der Waals surface area contributed by atoms with Gasteiger partial charge in [-0.1, -0.05) is 31.0 Å². The summed E-state index contributed by atoms with van der Waals surface area (Å²) in [6, 6.07) is 12.5. The first-order valence-corrected chi connectivity index (χ1v) is 15.2. The number of nitrogens with zero attached hydrogens (tertiary/aromatic N) is 4. The van der Waals surface area contributed by atoms with Gasteiger partial charge in [-0.2, -0.15) is 5.26 Å². The molecule has 3 atom stereocenters. The first kappa shape index (κ1) is 30.9. The monoisotopic (exact) mass is 600 g/mol. The SMILES string of the molecule is CC(C)N(N)/C=C(\N)COc1ccc(C#N)c2c1C(CN1Cc3ccccc3C1=O)N(C(=O)C1CCCCC1C(=O)O)CC2. The molecule has 1 fully saturated rings. The molecule has 5 N–H and O–H groups in total. The van der Waals surface area contributed by atoms with Crippen molar-refractivity contribution in [2.45, 2.75) is 64.6 Å². The number of nitriles is 1. The Labute approximate surface area is 257 Å². The van der Waals surface area contributed by atoms with Crippen LogP contribution in [0.4, 0.5) is 0 Å². The zero-order valence-corrected chi connectivity index (χ0v) is 25.2. The Bertz CT molecular complexity index is 1510. The van der Waals surface area contributed by atoms with Gasteiger partial charge >= 0.3 is 5.97 Å². The number of nitrogens with two attached hydrogens (primary N) is 2. The minimum Gasteiger partial charge on any atom is -0.487 e. The molecular formula is C33H40N6O5. The second-order valence-corrected chi connectivity index (χ2v) is 12.1. The molecule has 3 unspecified atom stereocenters. The van der Waals surface area contributed by atoms with E-state index in [2.05, 4.69) is 6.07 Å². The van der Waals surface area contributed by atoms with Crippen LogP contribution in [-0.4, -0.2) is 63.4 Å². The molecule has 0 spiro atoms. The molecule has 11 heteroatoms. The van der Waals surface area contributed by atoms with Crippen LogP contribution in [0.5, 0.6) is 5.75 Å². The standard InChI is InChI=1S/C33H40N6O5/c1-20(2)39(36)17-23(35)19-44-29-12-11-21(15-34)24-13-14-38(32(41)26-9-5-6-10-27(26)33(42)43)28(30(24)29)18-37-16-22-7-3-4-8-25(22)31(37)40/h3-4,7-8,11-12,17,20,26-28H,5-6,9-10,13-14,16,18-19,35-36H2,1-2H3,(H,42,43)/b23-17-. The average Bonchev–Trinajstić information content (AvgIpc) is 3.34. The smallest absolute Gasteiger partial charge is 0.307 e. The third-order valence-corrected chi connectivity index (χ3v) is 9.03. The van der Waals surface area contributed by atoms with Gasteiger partial charge in [0, 0.05) is 43.0 Å². The highest BCUT2D eigenvalue weighted by molar-refractivity contribution is 5.98. The molecular weight excluding hydrogens is 560 g/mol. The van der Waals surface area contributed by atoms with E-state index in [0.29, 0.717) is 60.5 Å². The van der Waals surface area contributed by atoms with Crippen molar-refractivity contribution < 1.29 is 24.2 Å². The summed E-state index contributed by atoms with van der Waals surface area (Å²) in [6.07, 6.45) is 4.49. The average molecular weight is 601 g/mol. The second-order valence-electron chi connectivity index (χ2n) is 12.1. The first-order chi connectivity index (χ1) is 21.1. The third kappa shape index (κ3) is 6.08. The Morgan fingerprint density at radius 3 is 2.59 bits per heavy atom. The van der Waals surface area contributed by atoms with Crippen molar-refractivity contribution in [2.75, 3.05) is 19.7 Å². The summed E-state index contributed by atoms with van der Waals surface area (Å²) in [5, 5.41) is 21.5. The van der Waals surface area contributed by atoms with E-state index in [1.165, 1.54) is 5.01 Å². The van der Waals surface area contributed by atoms with Gasteiger partial charge in [0.2, 0.25) is 5.91 Å². The van der Waals surface area contributed by atoms with Gasteiger partial charge in [0.05, 0.1) is 35.2 Å². The molecule has 3 aliphatic rings. The molecule has 0 radical (unpaired) electrons. The van der Waals surface area contributed by atoms with Crippen LogP contribution in [0.15, 0.2) is 48.3 Å². The molecule has 232 valence electrons. The van der Waals surface area contributed by atoms with Crippen LogP contribution in [0.3, 0.4) is 0 Å². The molecule has 0 bridgehead atoms. The van der Waals surface area contributed by atoms with Crippen LogP contribution in [0.2, 0.25) is 0 Å². The quantitative estimate of drug-likeness (QED) is 0.289. The van der Waals surface area contributed by atoms with Crippen LogP contribution < -0.4 is 16.3 Å². The summed E-state index contributed by atoms with van der Waals surface area (Å²) < 4.78 is 6.24. The Hall–Kier alpha value is -4.56. The Morgan fingerprint density at radius 2 is 1.91 bits per heavy atom. The summed E-state index contributed by atoms with van der Waals surface area (Å²) >= 11 is 0. The van der Waals surface area contributed by atoms with E-state index >= 15 is 0 Å². The van der Waals surface area contributed by atoms with Crippen molar-refractivity contribution in [3.05, 3.63) is 76.1 Å². The molecule has 2 aromatic rings. The number of ether oxygens (including phenoxy) is 1. The van der Waals surface area contributed by atoms with E-state index in [4.69, 9.17) is 16.3 Å². The molecule has 11 nitrogen and oxygen atoms in total. The fourth-order valence-electron chi connectivity index (χ4n) is 6.65. The fraction of sp³-hybridized carbons (Fsp3) is 0.455. The van der Waals surface area contributed by atoms with Crippen molar-refractivity contribution in [2.24, 2.45) is 23.4 Å². The van der Waals surface area contributed by atoms with Crippen molar-refractivity contribution in [3.63, 3.8) is 0 Å². The molecule has 0 aromatic heterocycles. The lowest BCUT2D eigenvalue weighted by molar-refractivity contribution is -0.153. The molecule has 0 saturated heterocycles. The largest absolute Gasteiger partial charge is 0.487 e. The predicted octanol–water partition coefficient (Wildman–Crippen LogP) is 3.29. The fourth-order valence-corrected chi connectivity index (χ4v) is 6.65. The number of fused-ring (bicyclic) bond motifs is 2. The molecule has 1 aliphatic carbocycles. The number of carbonyl (C=O) groups excluding carboxylic acids is 2. The van der Waals surface area contributed by atoms with Crippen LogP contribution in [0, 0.1) is 23.2 Å². The lowest BCUT2D eigenvalue weighted by Crippen LogP contribution is -2.50. The number of benzene rings is 2. The Kier molecular flexibility index (Phi) is 9.11. The van der Waals surface area contributed by atoms with Gasteiger partial charge < -0.3 is 30.4 Å². The second kappa shape index (κ2) is 13.0. The molecule has 44 heavy (non-hydrogen) atoms. The first-order valence-electron chi connectivity index (χ1n) is 15.2. The number of carboxylic acid groups (broad SMARTS) is 1. The zero-order valence-electron chi connectivity index (χ0n) is 25.2. The van der Waals surface area contributed by atoms with Crippen molar-refractivity contribution in [3.8, 4) is 11.8 Å². The van der Waals surface area contributed by atoms with E-state index in [9.17, 15) is 24.8 Å². The van der Waals surface area contributed by atoms with Crippen molar-refractivity contribution in [1.82, 2.24) is 14.8 Å². The number of hydrogen-bond donors (Lipinski definition) is 3. The van der Waals surface area contributed by atoms with E-state index in [1.807, 2.05) is 32.0 Å². The van der Waals surface area contributed by atoms with Gasteiger partial charge in [0.15, 0.2) is 0 Å². The number of hydrazine groups is 1. The molecule has 2 aliphatic heterocycles. The van der Waals surface area contributed by atoms with Gasteiger partial charge in [-0.15, -0.1) is 0 Å². The Balaban J connectivity index is 1.54. The van der Waals surface area contributed by atoms with Crippen LogP contribution in [-0.2, 0) is 22.6 Å². The van der Waals surface area contributed by atoms with Gasteiger partial charge in [-0.3, -0.25) is 14.4 Å². The predicted molar refractivity (Wildman–Crippen MR) is 163 cm³/mol. The summed E-state index contributed by atoms with van der Waals surface area (Å²) in [5.41, 5.74) is 10.0. The van der Waals surface area contributed by atoms with Gasteiger partial charge in [0.1, 0.15) is 12.4 Å². The van der Waals surface area contributed by atoms with E-state index in [-0.39, 0.29) is 31.0 Å². The number of rotatable bonds is 9. The lowest BCUT2D eigenvalue weighted by atomic mass is 9.77. The van der Waals surface area contributed by atoms with E-state index in [1.54, 1.807) is 34.2 Å². The van der Waals surface area contributed by atoms with Crippen LogP contribution in [0.1, 0.15) is 78.2 Å². The van der Waals surface area contributed by atoms with Crippen LogP contribution in [0.25, 0.3) is 0 Å². The molecule has 1 saturated carbocycles. The summed E-state index contributed by atoms with van der Waals surface area (Å²) in [4.78, 5) is 43.4. The number of carbonyl (C=O) groups is 3. The molecule has 5 rings (SSSR count). The van der Waals surface area contributed by atoms with Crippen molar-refractivity contribution >= 4 is 17.8 Å². The molecule has 2 heterocycles. The number of hydrogen-bond acceptors (Lipinski definition) is 8. The maximum Gasteiger partial charge on any atom is 0.307 e. The highest BCUT2D eigenvalue weighted by Gasteiger charge is 2.44. The highest BCUT2D eigenvalue weighted by atomic mass is 16.5. The summed E-state index contributed by atoms with van der Waals surface area (Å²) in [6.45, 7) is 4.71. The maximum atomic E-state index is 14.3. The summed E-state index contributed by atoms with van der Waals surface area (Å²) in [5.74, 6) is 3.71. The zero-order chi connectivity index (χ0) is 31.5. The van der Waals surface area contributed by atoms with Crippen LogP contribution >= 0.6 is 0 Å². The van der Waals surface area contributed by atoms with Crippen molar-refractivity contribution in [1.29, 1.82) is 5.26 Å². The minimum atomic E-state index is -0.962. The Morgan fingerprint density at radius 1 is 1.18 bits per heavy atom. The highest BCUT2D eigenvalue weighted by Crippen LogP contribution is 2.42. The van der Waals surface area contributed by atoms with E-state index < -0.39 is 23.8 Å². The maximum absolute atomic E-state index is 14.3. The van der Waals surface area contributed by atoms with E-state index in [0.717, 1.165) is 24.0 Å². The van der Waals surface area contributed by atoms with Gasteiger partial charge in [-0.25, -0.2) is 5.84 Å². The number of amides is 2. The summed E-state index contributed by atoms with van der Waals surface area (Å²) in [7, 11) is 0. The topological polar surface area (TPSA) is 166 Å². The van der Waals surface area contributed by atoms with Gasteiger partial charge in [0.25, 0.3) is 5.91 Å². The van der Waals surface area contributed by atoms with Gasteiger partial charge in [-0.05, 0) is 62.4 Å². The molecule has 2 amide bonds. The lowest BCUT2D eigenvalue weighted by Gasteiger charge is -2.43. The molecule has 2 aromatic carbocycles.